The zero-order chi connectivity index (χ0) is 10.4. The fourth-order valence-corrected chi connectivity index (χ4v) is 2.43. The number of nitrogens with one attached hydrogen (secondary N) is 1. The van der Waals surface area contributed by atoms with Crippen LogP contribution in [0.4, 0.5) is 0 Å². The molecule has 2 nitrogen and oxygen atoms in total. The van der Waals surface area contributed by atoms with Gasteiger partial charge in [0.05, 0.1) is 0 Å². The average molecular weight is 221 g/mol. The maximum absolute atomic E-state index is 5.91. The van der Waals surface area contributed by atoms with E-state index in [-0.39, 0.29) is 0 Å². The summed E-state index contributed by atoms with van der Waals surface area (Å²) < 4.78 is 0. The summed E-state index contributed by atoms with van der Waals surface area (Å²) in [5, 5.41) is 4.02. The van der Waals surface area contributed by atoms with Crippen LogP contribution in [0.2, 0.25) is 5.15 Å². The molecule has 0 aromatic carbocycles. The number of nitrogens with zero attached hydrogens (tertiary/aromatic N) is 1. The molecule has 1 saturated heterocycles. The molecular formula is C12H13ClN2. The molecule has 3 rings (SSSR count). The van der Waals surface area contributed by atoms with Gasteiger partial charge in [0.15, 0.2) is 0 Å². The predicted molar refractivity (Wildman–Crippen MR) is 61.9 cm³/mol. The van der Waals surface area contributed by atoms with Gasteiger partial charge < -0.3 is 5.32 Å². The van der Waals surface area contributed by atoms with Crippen LogP contribution in [0.1, 0.15) is 17.5 Å². The molecule has 78 valence electrons. The maximum atomic E-state index is 5.91. The van der Waals surface area contributed by atoms with Crippen LogP contribution in [0.5, 0.6) is 0 Å². The van der Waals surface area contributed by atoms with Crippen molar-refractivity contribution < 1.29 is 0 Å². The SMILES string of the molecule is Cc1cc(C2=C[C@@H]3NC[C@@H]3C2)cnc1Cl. The van der Waals surface area contributed by atoms with Gasteiger partial charge in [-0.25, -0.2) is 4.98 Å². The predicted octanol–water partition coefficient (Wildman–Crippen LogP) is 2.42. The Morgan fingerprint density at radius 2 is 2.40 bits per heavy atom. The highest BCUT2D eigenvalue weighted by atomic mass is 35.5. The van der Waals surface area contributed by atoms with Crippen LogP contribution in [0.25, 0.3) is 5.57 Å². The van der Waals surface area contributed by atoms with Gasteiger partial charge in [0.2, 0.25) is 0 Å². The third kappa shape index (κ3) is 1.48. The highest BCUT2D eigenvalue weighted by molar-refractivity contribution is 6.30. The lowest BCUT2D eigenvalue weighted by atomic mass is 9.93. The fourth-order valence-electron chi connectivity index (χ4n) is 2.33. The van der Waals surface area contributed by atoms with Crippen molar-refractivity contribution in [2.24, 2.45) is 5.92 Å². The zero-order valence-corrected chi connectivity index (χ0v) is 9.38. The quantitative estimate of drug-likeness (QED) is 0.736. The lowest BCUT2D eigenvalue weighted by Crippen LogP contribution is -2.49. The number of aromatic nitrogens is 1. The summed E-state index contributed by atoms with van der Waals surface area (Å²) in [7, 11) is 0. The molecule has 1 aromatic rings. The molecule has 3 heteroatoms. The van der Waals surface area contributed by atoms with Crippen LogP contribution < -0.4 is 5.32 Å². The molecule has 2 aliphatic rings. The van der Waals surface area contributed by atoms with Crippen molar-refractivity contribution in [3.8, 4) is 0 Å². The summed E-state index contributed by atoms with van der Waals surface area (Å²) in [6, 6.07) is 2.74. The van der Waals surface area contributed by atoms with Crippen molar-refractivity contribution in [1.29, 1.82) is 0 Å². The Kier molecular flexibility index (Phi) is 2.08. The fraction of sp³-hybridized carbons (Fsp3) is 0.417. The smallest absolute Gasteiger partial charge is 0.131 e. The van der Waals surface area contributed by atoms with Gasteiger partial charge in [0.1, 0.15) is 5.15 Å². The normalized spacial score (nSPS) is 28.3. The van der Waals surface area contributed by atoms with E-state index in [1.165, 1.54) is 17.6 Å². The second kappa shape index (κ2) is 3.32. The van der Waals surface area contributed by atoms with Gasteiger partial charge in [-0.15, -0.1) is 0 Å². The number of fused-ring (bicyclic) bond motifs is 1. The molecule has 1 aliphatic heterocycles. The Bertz CT molecular complexity index is 439. The molecule has 2 heterocycles. The number of rotatable bonds is 1. The van der Waals surface area contributed by atoms with Gasteiger partial charge in [-0.05, 0) is 42.0 Å². The van der Waals surface area contributed by atoms with E-state index in [1.54, 1.807) is 0 Å². The Hall–Kier alpha value is -0.860. The highest BCUT2D eigenvalue weighted by Crippen LogP contribution is 2.36. The molecule has 1 aromatic heterocycles. The van der Waals surface area contributed by atoms with Gasteiger partial charge in [0.25, 0.3) is 0 Å². The minimum atomic E-state index is 0.607. The van der Waals surface area contributed by atoms with Crippen molar-refractivity contribution in [2.75, 3.05) is 6.54 Å². The van der Waals surface area contributed by atoms with Crippen LogP contribution in [0, 0.1) is 12.8 Å². The first-order chi connectivity index (χ1) is 7.24. The second-order valence-corrected chi connectivity index (χ2v) is 4.78. The average Bonchev–Trinajstić information content (AvgIpc) is 2.48. The summed E-state index contributed by atoms with van der Waals surface area (Å²) in [6.07, 6.45) is 5.39. The van der Waals surface area contributed by atoms with E-state index in [9.17, 15) is 0 Å². The number of hydrogen-bond acceptors (Lipinski definition) is 2. The van der Waals surface area contributed by atoms with Crippen LogP contribution in [-0.2, 0) is 0 Å². The lowest BCUT2D eigenvalue weighted by Gasteiger charge is -2.31. The van der Waals surface area contributed by atoms with Gasteiger partial charge in [-0.3, -0.25) is 0 Å². The molecule has 15 heavy (non-hydrogen) atoms. The van der Waals surface area contributed by atoms with Gasteiger partial charge >= 0.3 is 0 Å². The van der Waals surface area contributed by atoms with Crippen molar-refractivity contribution in [1.82, 2.24) is 10.3 Å². The first-order valence-corrected chi connectivity index (χ1v) is 5.68. The highest BCUT2D eigenvalue weighted by Gasteiger charge is 2.34. The van der Waals surface area contributed by atoms with Gasteiger partial charge in [0, 0.05) is 18.8 Å². The maximum Gasteiger partial charge on any atom is 0.131 e. The lowest BCUT2D eigenvalue weighted by molar-refractivity contribution is 0.301. The molecule has 0 radical (unpaired) electrons. The zero-order valence-electron chi connectivity index (χ0n) is 8.63. The number of allylic oxidation sites excluding steroid dienone is 1. The first-order valence-electron chi connectivity index (χ1n) is 5.30. The number of aryl methyl sites for hydroxylation is 1. The van der Waals surface area contributed by atoms with Crippen LogP contribution >= 0.6 is 11.6 Å². The first kappa shape index (κ1) is 9.37. The Morgan fingerprint density at radius 1 is 1.53 bits per heavy atom. The van der Waals surface area contributed by atoms with Crippen LogP contribution in [0.3, 0.4) is 0 Å². The molecular weight excluding hydrogens is 208 g/mol. The van der Waals surface area contributed by atoms with Crippen LogP contribution in [0.15, 0.2) is 18.3 Å². The van der Waals surface area contributed by atoms with Crippen molar-refractivity contribution in [3.63, 3.8) is 0 Å². The molecule has 2 atom stereocenters. The topological polar surface area (TPSA) is 24.9 Å². The summed E-state index contributed by atoms with van der Waals surface area (Å²) in [6.45, 7) is 3.16. The van der Waals surface area contributed by atoms with E-state index < -0.39 is 0 Å². The third-order valence-corrected chi connectivity index (χ3v) is 3.77. The van der Waals surface area contributed by atoms with E-state index in [4.69, 9.17) is 11.6 Å². The molecule has 0 bridgehead atoms. The Morgan fingerprint density at radius 3 is 2.93 bits per heavy atom. The van der Waals surface area contributed by atoms with E-state index in [0.29, 0.717) is 11.2 Å². The third-order valence-electron chi connectivity index (χ3n) is 3.37. The summed E-state index contributed by atoms with van der Waals surface area (Å²) in [5.74, 6) is 0.816. The summed E-state index contributed by atoms with van der Waals surface area (Å²) in [4.78, 5) is 4.20. The van der Waals surface area contributed by atoms with Crippen molar-refractivity contribution >= 4 is 17.2 Å². The van der Waals surface area contributed by atoms with E-state index >= 15 is 0 Å². The van der Waals surface area contributed by atoms with Crippen molar-refractivity contribution in [2.45, 2.75) is 19.4 Å². The number of halogens is 1. The van der Waals surface area contributed by atoms with E-state index in [1.807, 2.05) is 13.1 Å². The van der Waals surface area contributed by atoms with Gasteiger partial charge in [-0.2, -0.15) is 0 Å². The molecule has 1 N–H and O–H groups in total. The molecule has 0 spiro atoms. The van der Waals surface area contributed by atoms with Gasteiger partial charge in [-0.1, -0.05) is 17.7 Å². The molecule has 0 saturated carbocycles. The summed E-state index contributed by atoms with van der Waals surface area (Å²) >= 11 is 5.91. The standard InChI is InChI=1S/C12H13ClN2/c1-7-2-9(5-15-12(7)13)8-3-10-6-14-11(10)4-8/h2,4-5,10-11,14H,3,6H2,1H3/t10-,11-/m0/s1. The minimum absolute atomic E-state index is 0.607. The minimum Gasteiger partial charge on any atom is -0.310 e. The molecule has 1 fully saturated rings. The number of pyridine rings is 1. The number of hydrogen-bond donors (Lipinski definition) is 1. The monoisotopic (exact) mass is 220 g/mol. The molecule has 0 unspecified atom stereocenters. The second-order valence-electron chi connectivity index (χ2n) is 4.42. The summed E-state index contributed by atoms with van der Waals surface area (Å²) in [5.41, 5.74) is 3.71. The largest absolute Gasteiger partial charge is 0.310 e. The molecule has 0 amide bonds. The van der Waals surface area contributed by atoms with Crippen LogP contribution in [-0.4, -0.2) is 17.6 Å². The van der Waals surface area contributed by atoms with Crippen molar-refractivity contribution in [3.05, 3.63) is 34.6 Å². The van der Waals surface area contributed by atoms with E-state index in [0.717, 1.165) is 18.0 Å². The van der Waals surface area contributed by atoms with E-state index in [2.05, 4.69) is 22.4 Å². The molecule has 1 aliphatic carbocycles. The Balaban J connectivity index is 1.93. The Labute approximate surface area is 94.4 Å².